The summed E-state index contributed by atoms with van der Waals surface area (Å²) in [5.41, 5.74) is 0.897. The normalized spacial score (nSPS) is 11.9. The van der Waals surface area contributed by atoms with Gasteiger partial charge >= 0.3 is 5.97 Å². The summed E-state index contributed by atoms with van der Waals surface area (Å²) in [5, 5.41) is 0. The largest absolute Gasteiger partial charge is 0.460 e. The van der Waals surface area contributed by atoms with Gasteiger partial charge in [-0.15, -0.1) is 0 Å². The quantitative estimate of drug-likeness (QED) is 0.478. The van der Waals surface area contributed by atoms with Gasteiger partial charge in [0.25, 0.3) is 0 Å². The van der Waals surface area contributed by atoms with Crippen LogP contribution in [0.15, 0.2) is 30.3 Å². The fourth-order valence-electron chi connectivity index (χ4n) is 0.968. The van der Waals surface area contributed by atoms with Crippen molar-refractivity contribution in [3.63, 3.8) is 0 Å². The van der Waals surface area contributed by atoms with Crippen LogP contribution in [0.3, 0.4) is 0 Å². The highest BCUT2D eigenvalue weighted by molar-refractivity contribution is 9.10. The molecular formula is C11H11BrO3. The first-order valence-electron chi connectivity index (χ1n) is 4.46. The van der Waals surface area contributed by atoms with E-state index >= 15 is 0 Å². The number of alkyl halides is 1. The highest BCUT2D eigenvalue weighted by Crippen LogP contribution is 2.07. The van der Waals surface area contributed by atoms with Gasteiger partial charge in [-0.05, 0) is 12.5 Å². The number of halogens is 1. The number of ether oxygens (including phenoxy) is 1. The lowest BCUT2D eigenvalue weighted by molar-refractivity contribution is -0.145. The summed E-state index contributed by atoms with van der Waals surface area (Å²) in [6, 6.07) is 9.31. The molecule has 0 spiro atoms. The standard InChI is InChI=1S/C11H11BrO3/c1-8(13)10(12)11(14)15-7-9-5-3-2-4-6-9/h2-6,10H,7H2,1H3. The van der Waals surface area contributed by atoms with E-state index in [1.165, 1.54) is 6.92 Å². The summed E-state index contributed by atoms with van der Waals surface area (Å²) < 4.78 is 4.94. The van der Waals surface area contributed by atoms with Gasteiger partial charge in [0.15, 0.2) is 10.6 Å². The zero-order valence-electron chi connectivity index (χ0n) is 8.27. The summed E-state index contributed by atoms with van der Waals surface area (Å²) in [5.74, 6) is -0.806. The van der Waals surface area contributed by atoms with Crippen molar-refractivity contribution >= 4 is 27.7 Å². The van der Waals surface area contributed by atoms with Crippen molar-refractivity contribution in [3.05, 3.63) is 35.9 Å². The fraction of sp³-hybridized carbons (Fsp3) is 0.273. The van der Waals surface area contributed by atoms with Crippen molar-refractivity contribution in [1.29, 1.82) is 0 Å². The van der Waals surface area contributed by atoms with Crippen LogP contribution in [0.5, 0.6) is 0 Å². The van der Waals surface area contributed by atoms with Crippen molar-refractivity contribution < 1.29 is 14.3 Å². The first-order valence-corrected chi connectivity index (χ1v) is 5.38. The van der Waals surface area contributed by atoms with Gasteiger partial charge in [0.2, 0.25) is 0 Å². The van der Waals surface area contributed by atoms with Crippen molar-refractivity contribution in [2.24, 2.45) is 0 Å². The van der Waals surface area contributed by atoms with Crippen LogP contribution >= 0.6 is 15.9 Å². The van der Waals surface area contributed by atoms with Gasteiger partial charge in [0.1, 0.15) is 6.61 Å². The average Bonchev–Trinajstić information content (AvgIpc) is 2.26. The van der Waals surface area contributed by atoms with Gasteiger partial charge in [-0.25, -0.2) is 0 Å². The molecule has 0 amide bonds. The predicted molar refractivity (Wildman–Crippen MR) is 59.6 cm³/mol. The Morgan fingerprint density at radius 2 is 1.93 bits per heavy atom. The van der Waals surface area contributed by atoms with Gasteiger partial charge < -0.3 is 4.74 Å². The van der Waals surface area contributed by atoms with E-state index in [2.05, 4.69) is 15.9 Å². The van der Waals surface area contributed by atoms with Gasteiger partial charge in [0.05, 0.1) is 0 Å². The topological polar surface area (TPSA) is 43.4 Å². The zero-order valence-corrected chi connectivity index (χ0v) is 9.86. The molecule has 0 aromatic heterocycles. The molecule has 0 aliphatic heterocycles. The molecule has 0 aliphatic rings. The molecule has 0 N–H and O–H groups in total. The second-order valence-corrected chi connectivity index (χ2v) is 3.98. The van der Waals surface area contributed by atoms with Crippen molar-refractivity contribution in [2.75, 3.05) is 0 Å². The first-order chi connectivity index (χ1) is 7.11. The van der Waals surface area contributed by atoms with Gasteiger partial charge in [-0.1, -0.05) is 46.3 Å². The Hall–Kier alpha value is -1.16. The maximum absolute atomic E-state index is 11.3. The molecule has 80 valence electrons. The fourth-order valence-corrected chi connectivity index (χ4v) is 1.10. The van der Waals surface area contributed by atoms with E-state index in [4.69, 9.17) is 4.74 Å². The second kappa shape index (κ2) is 5.66. The lowest BCUT2D eigenvalue weighted by atomic mass is 10.2. The number of carbonyl (C=O) groups is 2. The lowest BCUT2D eigenvalue weighted by Gasteiger charge is -2.07. The Morgan fingerprint density at radius 1 is 1.33 bits per heavy atom. The predicted octanol–water partition coefficient (Wildman–Crippen LogP) is 2.08. The number of esters is 1. The highest BCUT2D eigenvalue weighted by Gasteiger charge is 2.20. The SMILES string of the molecule is CC(=O)C(Br)C(=O)OCc1ccccc1. The van der Waals surface area contributed by atoms with Crippen LogP contribution in [0.25, 0.3) is 0 Å². The van der Waals surface area contributed by atoms with Crippen LogP contribution in [0.4, 0.5) is 0 Å². The number of benzene rings is 1. The number of carbonyl (C=O) groups excluding carboxylic acids is 2. The summed E-state index contributed by atoms with van der Waals surface area (Å²) in [6.07, 6.45) is 0. The third kappa shape index (κ3) is 3.83. The van der Waals surface area contributed by atoms with Crippen LogP contribution in [-0.2, 0) is 20.9 Å². The molecule has 0 fully saturated rings. The smallest absolute Gasteiger partial charge is 0.327 e. The number of Topliss-reactive ketones (excluding diaryl/α,β-unsaturated/α-hetero) is 1. The van der Waals surface area contributed by atoms with Gasteiger partial charge in [0, 0.05) is 0 Å². The molecule has 1 atom stereocenters. The van der Waals surface area contributed by atoms with Crippen LogP contribution in [0, 0.1) is 0 Å². The Morgan fingerprint density at radius 3 is 2.47 bits per heavy atom. The summed E-state index contributed by atoms with van der Waals surface area (Å²) in [6.45, 7) is 1.53. The lowest BCUT2D eigenvalue weighted by Crippen LogP contribution is -2.23. The molecule has 0 radical (unpaired) electrons. The zero-order chi connectivity index (χ0) is 11.3. The molecule has 1 aromatic rings. The van der Waals surface area contributed by atoms with Crippen molar-refractivity contribution in [1.82, 2.24) is 0 Å². The van der Waals surface area contributed by atoms with E-state index in [1.54, 1.807) is 0 Å². The van der Waals surface area contributed by atoms with E-state index < -0.39 is 10.8 Å². The monoisotopic (exact) mass is 270 g/mol. The molecule has 15 heavy (non-hydrogen) atoms. The third-order valence-electron chi connectivity index (χ3n) is 1.79. The van der Waals surface area contributed by atoms with Crippen molar-refractivity contribution in [2.45, 2.75) is 18.4 Å². The van der Waals surface area contributed by atoms with Crippen molar-refractivity contribution in [3.8, 4) is 0 Å². The minimum Gasteiger partial charge on any atom is -0.460 e. The molecule has 1 aromatic carbocycles. The van der Waals surface area contributed by atoms with Crippen LogP contribution in [0.1, 0.15) is 12.5 Å². The van der Waals surface area contributed by atoms with E-state index in [9.17, 15) is 9.59 Å². The molecule has 0 bridgehead atoms. The Kier molecular flexibility index (Phi) is 4.49. The number of rotatable bonds is 4. The number of hydrogen-bond donors (Lipinski definition) is 0. The molecule has 0 saturated carbocycles. The second-order valence-electron chi connectivity index (χ2n) is 3.07. The molecule has 1 unspecified atom stereocenters. The maximum atomic E-state index is 11.3. The summed E-state index contributed by atoms with van der Waals surface area (Å²) >= 11 is 2.96. The van der Waals surface area contributed by atoms with Gasteiger partial charge in [-0.2, -0.15) is 0 Å². The minimum absolute atomic E-state index is 0.190. The molecular weight excluding hydrogens is 260 g/mol. The van der Waals surface area contributed by atoms with Crippen LogP contribution < -0.4 is 0 Å². The minimum atomic E-state index is -0.860. The van der Waals surface area contributed by atoms with E-state index in [1.807, 2.05) is 30.3 Å². The molecule has 4 heteroatoms. The first kappa shape index (κ1) is 11.9. The Balaban J connectivity index is 2.44. The summed E-state index contributed by atoms with van der Waals surface area (Å²) in [7, 11) is 0. The molecule has 0 heterocycles. The maximum Gasteiger partial charge on any atom is 0.327 e. The van der Waals surface area contributed by atoms with E-state index in [-0.39, 0.29) is 12.4 Å². The molecule has 1 rings (SSSR count). The van der Waals surface area contributed by atoms with E-state index in [0.717, 1.165) is 5.56 Å². The molecule has 0 saturated heterocycles. The van der Waals surface area contributed by atoms with E-state index in [0.29, 0.717) is 0 Å². The average molecular weight is 271 g/mol. The summed E-state index contributed by atoms with van der Waals surface area (Å²) in [4.78, 5) is 21.3. The van der Waals surface area contributed by atoms with Gasteiger partial charge in [-0.3, -0.25) is 9.59 Å². The molecule has 0 aliphatic carbocycles. The molecule has 3 nitrogen and oxygen atoms in total. The highest BCUT2D eigenvalue weighted by atomic mass is 79.9. The van der Waals surface area contributed by atoms with Crippen LogP contribution in [-0.4, -0.2) is 16.6 Å². The third-order valence-corrected chi connectivity index (χ3v) is 2.81. The number of hydrogen-bond acceptors (Lipinski definition) is 3. The van der Waals surface area contributed by atoms with Crippen LogP contribution in [0.2, 0.25) is 0 Å². The number of ketones is 1. The Labute approximate surface area is 96.6 Å². The Bertz CT molecular complexity index is 348.